The zero-order chi connectivity index (χ0) is 19.4. The smallest absolute Gasteiger partial charge is 0.283 e. The minimum atomic E-state index is -2.77. The Bertz CT molecular complexity index is 786. The lowest BCUT2D eigenvalue weighted by Gasteiger charge is -2.26. The molecule has 5 nitrogen and oxygen atoms in total. The first-order valence-corrected chi connectivity index (χ1v) is 9.44. The molecule has 1 aromatic heterocycles. The number of rotatable bonds is 6. The van der Waals surface area contributed by atoms with Gasteiger partial charge in [-0.25, -0.2) is 8.78 Å². The number of likely N-dealkylation sites (tertiary alicyclic amines) is 1. The summed E-state index contributed by atoms with van der Waals surface area (Å²) in [5.41, 5.74) is 1.71. The van der Waals surface area contributed by atoms with Crippen molar-refractivity contribution in [1.29, 1.82) is 0 Å². The van der Waals surface area contributed by atoms with Crippen molar-refractivity contribution < 1.29 is 13.6 Å². The Kier molecular flexibility index (Phi) is 6.44. The molecule has 1 aliphatic rings. The maximum absolute atomic E-state index is 12.8. The van der Waals surface area contributed by atoms with Crippen molar-refractivity contribution in [2.45, 2.75) is 45.7 Å². The first kappa shape index (κ1) is 19.8. The molecule has 27 heavy (non-hydrogen) atoms. The molecule has 0 atom stereocenters. The molecule has 3 rings (SSSR count). The Morgan fingerprint density at radius 2 is 1.89 bits per heavy atom. The Labute approximate surface area is 162 Å². The number of nitrogens with one attached hydrogen (secondary N) is 1. The van der Waals surface area contributed by atoms with Crippen LogP contribution in [0, 0.1) is 6.92 Å². The zero-order valence-electron chi connectivity index (χ0n) is 15.2. The number of piperidine rings is 1. The van der Waals surface area contributed by atoms with Gasteiger partial charge in [0.1, 0.15) is 12.2 Å². The minimum Gasteiger partial charge on any atom is -0.324 e. The average Bonchev–Trinajstić information content (AvgIpc) is 2.93. The molecule has 1 saturated heterocycles. The van der Waals surface area contributed by atoms with Crippen LogP contribution in [0.1, 0.15) is 42.6 Å². The molecule has 1 aromatic carbocycles. The summed E-state index contributed by atoms with van der Waals surface area (Å²) in [6.45, 7) is 4.56. The number of halogens is 3. The monoisotopic (exact) mass is 396 g/mol. The molecule has 0 spiro atoms. The fourth-order valence-electron chi connectivity index (χ4n) is 3.25. The number of hydrogen-bond donors (Lipinski definition) is 1. The van der Waals surface area contributed by atoms with Crippen molar-refractivity contribution in [1.82, 2.24) is 14.7 Å². The molecule has 2 aromatic rings. The Morgan fingerprint density at radius 3 is 2.48 bits per heavy atom. The van der Waals surface area contributed by atoms with Crippen molar-refractivity contribution in [3.05, 3.63) is 46.2 Å². The van der Waals surface area contributed by atoms with Crippen LogP contribution in [0.15, 0.2) is 24.3 Å². The van der Waals surface area contributed by atoms with Gasteiger partial charge in [-0.05, 0) is 50.6 Å². The summed E-state index contributed by atoms with van der Waals surface area (Å²) >= 11 is 5.85. The number of carbonyl (C=O) groups is 1. The van der Waals surface area contributed by atoms with Gasteiger partial charge >= 0.3 is 0 Å². The lowest BCUT2D eigenvalue weighted by atomic mass is 10.1. The molecule has 2 heterocycles. The zero-order valence-corrected chi connectivity index (χ0v) is 16.0. The SMILES string of the molecule is Cc1c(Cl)c(C(F)F)nn1CC(=O)Nc1ccc(CN2CCCCC2)cc1. The van der Waals surface area contributed by atoms with Crippen LogP contribution in [0.4, 0.5) is 14.5 Å². The van der Waals surface area contributed by atoms with Gasteiger partial charge in [-0.2, -0.15) is 5.10 Å². The van der Waals surface area contributed by atoms with E-state index in [1.165, 1.54) is 29.5 Å². The van der Waals surface area contributed by atoms with E-state index < -0.39 is 12.1 Å². The van der Waals surface area contributed by atoms with E-state index in [2.05, 4.69) is 15.3 Å². The lowest BCUT2D eigenvalue weighted by molar-refractivity contribution is -0.117. The number of alkyl halides is 2. The number of amides is 1. The second-order valence-electron chi connectivity index (χ2n) is 6.82. The van der Waals surface area contributed by atoms with Crippen molar-refractivity contribution in [3.8, 4) is 0 Å². The molecular weight excluding hydrogens is 374 g/mol. The maximum atomic E-state index is 12.8. The van der Waals surface area contributed by atoms with Crippen LogP contribution >= 0.6 is 11.6 Å². The molecule has 0 radical (unpaired) electrons. The molecule has 0 saturated carbocycles. The topological polar surface area (TPSA) is 50.2 Å². The summed E-state index contributed by atoms with van der Waals surface area (Å²) in [7, 11) is 0. The Morgan fingerprint density at radius 1 is 1.22 bits per heavy atom. The highest BCUT2D eigenvalue weighted by atomic mass is 35.5. The number of benzene rings is 1. The third-order valence-electron chi connectivity index (χ3n) is 4.75. The van der Waals surface area contributed by atoms with E-state index in [1.54, 1.807) is 6.92 Å². The van der Waals surface area contributed by atoms with Gasteiger partial charge in [0, 0.05) is 12.2 Å². The molecule has 1 fully saturated rings. The second kappa shape index (κ2) is 8.80. The Balaban J connectivity index is 1.57. The van der Waals surface area contributed by atoms with E-state index in [9.17, 15) is 13.6 Å². The molecule has 0 bridgehead atoms. The van der Waals surface area contributed by atoms with Crippen LogP contribution in [-0.4, -0.2) is 33.7 Å². The van der Waals surface area contributed by atoms with Crippen molar-refractivity contribution in [3.63, 3.8) is 0 Å². The molecule has 1 N–H and O–H groups in total. The molecule has 8 heteroatoms. The van der Waals surface area contributed by atoms with Crippen LogP contribution in [0.2, 0.25) is 5.02 Å². The van der Waals surface area contributed by atoms with Crippen LogP contribution in [0.5, 0.6) is 0 Å². The van der Waals surface area contributed by atoms with Gasteiger partial charge in [0.25, 0.3) is 6.43 Å². The summed E-state index contributed by atoms with van der Waals surface area (Å²) < 4.78 is 26.9. The van der Waals surface area contributed by atoms with Gasteiger partial charge in [-0.3, -0.25) is 14.4 Å². The van der Waals surface area contributed by atoms with E-state index in [0.717, 1.165) is 19.6 Å². The van der Waals surface area contributed by atoms with Crippen LogP contribution in [-0.2, 0) is 17.9 Å². The first-order valence-electron chi connectivity index (χ1n) is 9.06. The number of nitrogens with zero attached hydrogens (tertiary/aromatic N) is 3. The minimum absolute atomic E-state index is 0.0973. The third-order valence-corrected chi connectivity index (χ3v) is 5.22. The number of aromatic nitrogens is 2. The molecule has 1 aliphatic heterocycles. The predicted octanol–water partition coefficient (Wildman–Crippen LogP) is 4.41. The number of carbonyl (C=O) groups excluding carboxylic acids is 1. The molecule has 0 unspecified atom stereocenters. The van der Waals surface area contributed by atoms with E-state index in [1.807, 2.05) is 24.3 Å². The van der Waals surface area contributed by atoms with Crippen LogP contribution < -0.4 is 5.32 Å². The maximum Gasteiger partial charge on any atom is 0.283 e. The van der Waals surface area contributed by atoms with Gasteiger partial charge in [-0.15, -0.1) is 0 Å². The fourth-order valence-corrected chi connectivity index (χ4v) is 3.46. The van der Waals surface area contributed by atoms with Crippen molar-refractivity contribution >= 4 is 23.2 Å². The van der Waals surface area contributed by atoms with Gasteiger partial charge < -0.3 is 5.32 Å². The quantitative estimate of drug-likeness (QED) is 0.787. The van der Waals surface area contributed by atoms with Gasteiger partial charge in [0.15, 0.2) is 0 Å². The van der Waals surface area contributed by atoms with Gasteiger partial charge in [0.05, 0.1) is 10.7 Å². The molecule has 1 amide bonds. The van der Waals surface area contributed by atoms with E-state index in [-0.39, 0.29) is 17.5 Å². The number of anilines is 1. The summed E-state index contributed by atoms with van der Waals surface area (Å²) in [6.07, 6.45) is 1.03. The highest BCUT2D eigenvalue weighted by Gasteiger charge is 2.21. The molecule has 0 aliphatic carbocycles. The van der Waals surface area contributed by atoms with E-state index in [4.69, 9.17) is 11.6 Å². The highest BCUT2D eigenvalue weighted by molar-refractivity contribution is 6.31. The van der Waals surface area contributed by atoms with E-state index in [0.29, 0.717) is 11.4 Å². The molecular formula is C19H23ClF2N4O. The van der Waals surface area contributed by atoms with Gasteiger partial charge in [-0.1, -0.05) is 30.2 Å². The third kappa shape index (κ3) is 5.05. The first-order chi connectivity index (χ1) is 12.9. The van der Waals surface area contributed by atoms with E-state index >= 15 is 0 Å². The standard InChI is InChI=1S/C19H23ClF2N4O/c1-13-17(20)18(19(21)22)24-26(13)12-16(27)23-15-7-5-14(6-8-15)11-25-9-3-2-4-10-25/h5-8,19H,2-4,9-12H2,1H3,(H,23,27). The summed E-state index contributed by atoms with van der Waals surface area (Å²) in [6, 6.07) is 7.69. The molecule has 146 valence electrons. The fraction of sp³-hybridized carbons (Fsp3) is 0.474. The Hall–Kier alpha value is -1.99. The highest BCUT2D eigenvalue weighted by Crippen LogP contribution is 2.28. The normalized spacial score (nSPS) is 15.3. The summed E-state index contributed by atoms with van der Waals surface area (Å²) in [4.78, 5) is 14.6. The summed E-state index contributed by atoms with van der Waals surface area (Å²) in [5.74, 6) is -0.345. The number of hydrogen-bond acceptors (Lipinski definition) is 3. The average molecular weight is 397 g/mol. The predicted molar refractivity (Wildman–Crippen MR) is 101 cm³/mol. The van der Waals surface area contributed by atoms with Crippen LogP contribution in [0.25, 0.3) is 0 Å². The van der Waals surface area contributed by atoms with Crippen molar-refractivity contribution in [2.24, 2.45) is 0 Å². The second-order valence-corrected chi connectivity index (χ2v) is 7.20. The summed E-state index contributed by atoms with van der Waals surface area (Å²) in [5, 5.41) is 6.40. The largest absolute Gasteiger partial charge is 0.324 e. The van der Waals surface area contributed by atoms with Gasteiger partial charge in [0.2, 0.25) is 5.91 Å². The van der Waals surface area contributed by atoms with Crippen molar-refractivity contribution in [2.75, 3.05) is 18.4 Å². The lowest BCUT2D eigenvalue weighted by Crippen LogP contribution is -2.29. The van der Waals surface area contributed by atoms with Crippen LogP contribution in [0.3, 0.4) is 0 Å².